The Bertz CT molecular complexity index is 706. The van der Waals surface area contributed by atoms with Crippen molar-refractivity contribution in [1.29, 1.82) is 0 Å². The molecule has 2 aromatic rings. The normalized spacial score (nSPS) is 14.5. The molecule has 0 fully saturated rings. The van der Waals surface area contributed by atoms with E-state index in [-0.39, 0.29) is 22.4 Å². The van der Waals surface area contributed by atoms with Gasteiger partial charge in [0.15, 0.2) is 0 Å². The number of aliphatic hydroxyl groups excluding tert-OH is 1. The third-order valence-electron chi connectivity index (χ3n) is 3.54. The van der Waals surface area contributed by atoms with Crippen molar-refractivity contribution >= 4 is 12.9 Å². The van der Waals surface area contributed by atoms with Gasteiger partial charge in [0.05, 0.1) is 11.4 Å². The first kappa shape index (κ1) is 16.5. The van der Waals surface area contributed by atoms with E-state index in [2.05, 4.69) is 0 Å². The number of aromatic hydroxyl groups is 2. The molecule has 2 rings (SSSR count). The minimum absolute atomic E-state index is 0.0195. The van der Waals surface area contributed by atoms with Crippen LogP contribution in [0.5, 0.6) is 11.5 Å². The number of phenolic OH excluding ortho intramolecular Hbond substituents is 2. The number of hydrogen-bond donors (Lipinski definition) is 5. The Morgan fingerprint density at radius 3 is 2.05 bits per heavy atom. The van der Waals surface area contributed by atoms with E-state index >= 15 is 0 Å². The molecule has 0 saturated heterocycles. The summed E-state index contributed by atoms with van der Waals surface area (Å²) in [6.07, 6.45) is -1.22. The summed E-state index contributed by atoms with van der Waals surface area (Å²) in [5.74, 6) is -0.601. The molecule has 2 aromatic carbocycles. The van der Waals surface area contributed by atoms with Crippen LogP contribution in [-0.4, -0.2) is 25.1 Å². The summed E-state index contributed by atoms with van der Waals surface area (Å²) in [4.78, 5) is 18.8. The standard InChI is InChI=1S/C15H17O6P/c1-9(10-2-4-11(16)5-3-10)15(18)13-8-12(17)6-7-14(13)22(19,20)21/h2-9,15-18H,1H3,(H2,19,20,21). The largest absolute Gasteiger partial charge is 0.508 e. The Morgan fingerprint density at radius 1 is 0.955 bits per heavy atom. The fourth-order valence-corrected chi connectivity index (χ4v) is 3.08. The van der Waals surface area contributed by atoms with Crippen LogP contribution in [0, 0.1) is 0 Å². The number of hydrogen-bond acceptors (Lipinski definition) is 4. The fraction of sp³-hybridized carbons (Fsp3) is 0.200. The molecule has 0 spiro atoms. The summed E-state index contributed by atoms with van der Waals surface area (Å²) in [6.45, 7) is 1.69. The van der Waals surface area contributed by atoms with Gasteiger partial charge in [0, 0.05) is 11.5 Å². The van der Waals surface area contributed by atoms with Gasteiger partial charge in [-0.15, -0.1) is 0 Å². The summed E-state index contributed by atoms with van der Waals surface area (Å²) in [5.41, 5.74) is 0.666. The molecule has 0 bridgehead atoms. The smallest absolute Gasteiger partial charge is 0.356 e. The Balaban J connectivity index is 2.44. The Labute approximate surface area is 127 Å². The molecule has 0 amide bonds. The number of rotatable bonds is 4. The van der Waals surface area contributed by atoms with Crippen molar-refractivity contribution in [3.63, 3.8) is 0 Å². The van der Waals surface area contributed by atoms with Gasteiger partial charge in [-0.05, 0) is 35.9 Å². The van der Waals surface area contributed by atoms with Gasteiger partial charge in [0.2, 0.25) is 0 Å². The summed E-state index contributed by atoms with van der Waals surface area (Å²) in [7, 11) is -4.58. The minimum atomic E-state index is -4.58. The van der Waals surface area contributed by atoms with E-state index < -0.39 is 19.6 Å². The van der Waals surface area contributed by atoms with Crippen LogP contribution in [-0.2, 0) is 4.57 Å². The van der Waals surface area contributed by atoms with Crippen molar-refractivity contribution in [1.82, 2.24) is 0 Å². The second-order valence-corrected chi connectivity index (χ2v) is 6.68. The molecule has 0 radical (unpaired) electrons. The number of benzene rings is 2. The Kier molecular flexibility index (Phi) is 4.58. The quantitative estimate of drug-likeness (QED) is 0.547. The summed E-state index contributed by atoms with van der Waals surface area (Å²) < 4.78 is 11.5. The van der Waals surface area contributed by atoms with Crippen LogP contribution in [0.15, 0.2) is 42.5 Å². The van der Waals surface area contributed by atoms with Gasteiger partial charge in [0.25, 0.3) is 0 Å². The molecule has 0 aromatic heterocycles. The minimum Gasteiger partial charge on any atom is -0.508 e. The van der Waals surface area contributed by atoms with E-state index in [1.165, 1.54) is 12.1 Å². The van der Waals surface area contributed by atoms with Crippen molar-refractivity contribution in [2.24, 2.45) is 0 Å². The van der Waals surface area contributed by atoms with Crippen molar-refractivity contribution in [2.75, 3.05) is 0 Å². The van der Waals surface area contributed by atoms with E-state index in [4.69, 9.17) is 0 Å². The van der Waals surface area contributed by atoms with Crippen molar-refractivity contribution in [2.45, 2.75) is 18.9 Å². The molecular weight excluding hydrogens is 307 g/mol. The van der Waals surface area contributed by atoms with E-state index in [0.717, 1.165) is 18.2 Å². The lowest BCUT2D eigenvalue weighted by atomic mass is 9.90. The van der Waals surface area contributed by atoms with E-state index in [1.807, 2.05) is 0 Å². The zero-order valence-electron chi connectivity index (χ0n) is 11.8. The predicted molar refractivity (Wildman–Crippen MR) is 81.3 cm³/mol. The van der Waals surface area contributed by atoms with E-state index in [9.17, 15) is 29.7 Å². The number of aliphatic hydroxyl groups is 1. The van der Waals surface area contributed by atoms with Crippen LogP contribution in [0.25, 0.3) is 0 Å². The third kappa shape index (κ3) is 3.48. The van der Waals surface area contributed by atoms with E-state index in [1.54, 1.807) is 19.1 Å². The van der Waals surface area contributed by atoms with Crippen LogP contribution >= 0.6 is 7.60 Å². The highest BCUT2D eigenvalue weighted by Gasteiger charge is 2.28. The topological polar surface area (TPSA) is 118 Å². The van der Waals surface area contributed by atoms with Crippen LogP contribution in [0.1, 0.15) is 30.1 Å². The lowest BCUT2D eigenvalue weighted by Gasteiger charge is -2.22. The highest BCUT2D eigenvalue weighted by molar-refractivity contribution is 7.60. The highest BCUT2D eigenvalue weighted by atomic mass is 31.2. The average Bonchev–Trinajstić information content (AvgIpc) is 2.45. The lowest BCUT2D eigenvalue weighted by molar-refractivity contribution is 0.152. The van der Waals surface area contributed by atoms with Crippen LogP contribution in [0.3, 0.4) is 0 Å². The molecule has 22 heavy (non-hydrogen) atoms. The first-order valence-corrected chi connectivity index (χ1v) is 8.17. The SMILES string of the molecule is CC(c1ccc(O)cc1)C(O)c1cc(O)ccc1P(=O)(O)O. The van der Waals surface area contributed by atoms with Gasteiger partial charge in [-0.3, -0.25) is 4.57 Å². The highest BCUT2D eigenvalue weighted by Crippen LogP contribution is 2.40. The van der Waals surface area contributed by atoms with Gasteiger partial charge in [0.1, 0.15) is 11.5 Å². The Hall–Kier alpha value is -1.85. The zero-order chi connectivity index (χ0) is 16.5. The van der Waals surface area contributed by atoms with Crippen LogP contribution < -0.4 is 5.30 Å². The number of phenols is 2. The van der Waals surface area contributed by atoms with Crippen LogP contribution in [0.4, 0.5) is 0 Å². The van der Waals surface area contributed by atoms with Crippen molar-refractivity contribution in [3.8, 4) is 11.5 Å². The summed E-state index contributed by atoms with van der Waals surface area (Å²) >= 11 is 0. The summed E-state index contributed by atoms with van der Waals surface area (Å²) in [5, 5.41) is 29.0. The average molecular weight is 324 g/mol. The fourth-order valence-electron chi connectivity index (χ4n) is 2.27. The molecule has 0 aliphatic carbocycles. The second kappa shape index (κ2) is 6.10. The molecule has 0 aliphatic rings. The van der Waals surface area contributed by atoms with Crippen molar-refractivity contribution in [3.05, 3.63) is 53.6 Å². The Morgan fingerprint density at radius 2 is 1.50 bits per heavy atom. The molecule has 118 valence electrons. The maximum atomic E-state index is 11.5. The molecule has 0 aliphatic heterocycles. The van der Waals surface area contributed by atoms with E-state index in [0.29, 0.717) is 5.56 Å². The lowest BCUT2D eigenvalue weighted by Crippen LogP contribution is -2.18. The molecule has 5 N–H and O–H groups in total. The van der Waals surface area contributed by atoms with Gasteiger partial charge < -0.3 is 25.1 Å². The first-order chi connectivity index (χ1) is 10.2. The second-order valence-electron chi connectivity index (χ2n) is 5.11. The van der Waals surface area contributed by atoms with Gasteiger partial charge in [-0.2, -0.15) is 0 Å². The van der Waals surface area contributed by atoms with Gasteiger partial charge in [-0.25, -0.2) is 0 Å². The molecule has 2 unspecified atom stereocenters. The maximum Gasteiger partial charge on any atom is 0.356 e. The molecule has 7 heteroatoms. The van der Waals surface area contributed by atoms with Crippen molar-refractivity contribution < 1.29 is 29.7 Å². The molecule has 6 nitrogen and oxygen atoms in total. The molecule has 2 atom stereocenters. The van der Waals surface area contributed by atoms with Gasteiger partial charge >= 0.3 is 7.60 Å². The molecule has 0 heterocycles. The predicted octanol–water partition coefficient (Wildman–Crippen LogP) is 1.74. The van der Waals surface area contributed by atoms with Crippen LogP contribution in [0.2, 0.25) is 0 Å². The molecule has 0 saturated carbocycles. The third-order valence-corrected chi connectivity index (χ3v) is 4.57. The zero-order valence-corrected chi connectivity index (χ0v) is 12.7. The van der Waals surface area contributed by atoms with Gasteiger partial charge in [-0.1, -0.05) is 19.1 Å². The maximum absolute atomic E-state index is 11.5. The first-order valence-electron chi connectivity index (χ1n) is 6.56. The summed E-state index contributed by atoms with van der Waals surface area (Å²) in [6, 6.07) is 9.58. The molecular formula is C15H17O6P. The monoisotopic (exact) mass is 324 g/mol.